The van der Waals surface area contributed by atoms with Crippen molar-refractivity contribution in [2.75, 3.05) is 19.8 Å². The van der Waals surface area contributed by atoms with Crippen LogP contribution in [0, 0.1) is 17.8 Å². The minimum atomic E-state index is 0.341. The maximum Gasteiger partial charge on any atom is 0.0497 e. The second-order valence-corrected chi connectivity index (χ2v) is 5.40. The summed E-state index contributed by atoms with van der Waals surface area (Å²) in [5.41, 5.74) is 0. The Morgan fingerprint density at radius 3 is 2.81 bits per heavy atom. The molecule has 1 aliphatic carbocycles. The summed E-state index contributed by atoms with van der Waals surface area (Å²) in [6.45, 7) is 6.60. The molecule has 16 heavy (non-hydrogen) atoms. The predicted molar refractivity (Wildman–Crippen MR) is 67.4 cm³/mol. The van der Waals surface area contributed by atoms with Gasteiger partial charge in [0.15, 0.2) is 0 Å². The van der Waals surface area contributed by atoms with Crippen LogP contribution in [0.4, 0.5) is 0 Å². The summed E-state index contributed by atoms with van der Waals surface area (Å²) in [5.74, 6) is 2.26. The van der Waals surface area contributed by atoms with E-state index < -0.39 is 0 Å². The monoisotopic (exact) mass is 228 g/mol. The molecule has 0 amide bonds. The van der Waals surface area contributed by atoms with E-state index in [-0.39, 0.29) is 0 Å². The van der Waals surface area contributed by atoms with Crippen molar-refractivity contribution >= 4 is 0 Å². The van der Waals surface area contributed by atoms with Crippen molar-refractivity contribution in [1.29, 1.82) is 0 Å². The Morgan fingerprint density at radius 2 is 2.12 bits per heavy atom. The molecule has 1 fully saturated rings. The van der Waals surface area contributed by atoms with Crippen molar-refractivity contribution in [3.63, 3.8) is 0 Å². The van der Waals surface area contributed by atoms with Crippen molar-refractivity contribution < 1.29 is 9.84 Å². The molecule has 1 saturated carbocycles. The third-order valence-electron chi connectivity index (χ3n) is 3.63. The van der Waals surface area contributed by atoms with Crippen LogP contribution < -0.4 is 0 Å². The summed E-state index contributed by atoms with van der Waals surface area (Å²) >= 11 is 0. The molecule has 0 radical (unpaired) electrons. The third-order valence-corrected chi connectivity index (χ3v) is 3.63. The first-order valence-corrected chi connectivity index (χ1v) is 6.96. The van der Waals surface area contributed by atoms with Crippen LogP contribution >= 0.6 is 0 Å². The van der Waals surface area contributed by atoms with Crippen molar-refractivity contribution in [1.82, 2.24) is 0 Å². The van der Waals surface area contributed by atoms with Gasteiger partial charge in [0.1, 0.15) is 0 Å². The molecule has 0 aliphatic heterocycles. The number of hydrogen-bond acceptors (Lipinski definition) is 2. The molecule has 0 aromatic heterocycles. The second kappa shape index (κ2) is 8.08. The van der Waals surface area contributed by atoms with E-state index in [1.807, 2.05) is 0 Å². The normalized spacial score (nSPS) is 25.7. The first-order chi connectivity index (χ1) is 7.77. The number of unbranched alkanes of at least 4 members (excludes halogenated alkanes) is 1. The van der Waals surface area contributed by atoms with E-state index in [4.69, 9.17) is 9.84 Å². The van der Waals surface area contributed by atoms with Crippen molar-refractivity contribution in [2.45, 2.75) is 52.4 Å². The molecule has 1 N–H and O–H groups in total. The largest absolute Gasteiger partial charge is 0.396 e. The lowest BCUT2D eigenvalue weighted by Crippen LogP contribution is -2.02. The van der Waals surface area contributed by atoms with Gasteiger partial charge in [-0.25, -0.2) is 0 Å². The lowest BCUT2D eigenvalue weighted by molar-refractivity contribution is 0.117. The standard InChI is InChI=1S/C14H28O2/c1-3-4-8-16-11-14-9-13(14)7-5-6-12(2)10-15/h12-15H,3-11H2,1-2H3/t12-,13+,14-/m0/s1. The first-order valence-electron chi connectivity index (χ1n) is 6.96. The van der Waals surface area contributed by atoms with E-state index >= 15 is 0 Å². The SMILES string of the molecule is CCCCOC[C@@H]1C[C@H]1CCC[C@H](C)CO. The summed E-state index contributed by atoms with van der Waals surface area (Å²) in [6, 6.07) is 0. The van der Waals surface area contributed by atoms with Crippen molar-refractivity contribution in [2.24, 2.45) is 17.8 Å². The summed E-state index contributed by atoms with van der Waals surface area (Å²) < 4.78 is 5.64. The zero-order valence-corrected chi connectivity index (χ0v) is 11.0. The van der Waals surface area contributed by atoms with Crippen LogP contribution in [0.3, 0.4) is 0 Å². The highest BCUT2D eigenvalue weighted by Crippen LogP contribution is 2.42. The summed E-state index contributed by atoms with van der Waals surface area (Å²) in [5, 5.41) is 8.91. The number of aliphatic hydroxyl groups excluding tert-OH is 1. The molecular weight excluding hydrogens is 200 g/mol. The maximum atomic E-state index is 8.91. The molecule has 96 valence electrons. The number of aliphatic hydroxyl groups is 1. The van der Waals surface area contributed by atoms with Crippen LogP contribution in [-0.2, 0) is 4.74 Å². The highest BCUT2D eigenvalue weighted by molar-refractivity contribution is 4.85. The van der Waals surface area contributed by atoms with E-state index in [9.17, 15) is 0 Å². The Kier molecular flexibility index (Phi) is 7.06. The minimum Gasteiger partial charge on any atom is -0.396 e. The van der Waals surface area contributed by atoms with Gasteiger partial charge >= 0.3 is 0 Å². The topological polar surface area (TPSA) is 29.5 Å². The van der Waals surface area contributed by atoms with Gasteiger partial charge in [0.25, 0.3) is 0 Å². The van der Waals surface area contributed by atoms with E-state index in [0.29, 0.717) is 12.5 Å². The number of ether oxygens (including phenoxy) is 1. The van der Waals surface area contributed by atoms with Gasteiger partial charge in [-0.1, -0.05) is 33.1 Å². The number of rotatable bonds is 10. The summed E-state index contributed by atoms with van der Waals surface area (Å²) in [6.07, 6.45) is 7.60. The Balaban J connectivity index is 1.86. The fraction of sp³-hybridized carbons (Fsp3) is 1.00. The lowest BCUT2D eigenvalue weighted by atomic mass is 10.0. The Labute approximate surface area is 100 Å². The molecule has 1 rings (SSSR count). The van der Waals surface area contributed by atoms with E-state index in [1.165, 1.54) is 38.5 Å². The van der Waals surface area contributed by atoms with Gasteiger partial charge in [-0.3, -0.25) is 0 Å². The molecule has 0 heterocycles. The van der Waals surface area contributed by atoms with Gasteiger partial charge in [0.05, 0.1) is 0 Å². The molecule has 2 heteroatoms. The van der Waals surface area contributed by atoms with Crippen LogP contribution in [0.2, 0.25) is 0 Å². The zero-order valence-electron chi connectivity index (χ0n) is 11.0. The van der Waals surface area contributed by atoms with Crippen LogP contribution in [0.5, 0.6) is 0 Å². The van der Waals surface area contributed by atoms with E-state index in [0.717, 1.165) is 25.0 Å². The van der Waals surface area contributed by atoms with Crippen LogP contribution in [0.25, 0.3) is 0 Å². The van der Waals surface area contributed by atoms with Gasteiger partial charge in [0, 0.05) is 19.8 Å². The number of hydrogen-bond donors (Lipinski definition) is 1. The fourth-order valence-electron chi connectivity index (χ4n) is 2.17. The molecular formula is C14H28O2. The smallest absolute Gasteiger partial charge is 0.0497 e. The highest BCUT2D eigenvalue weighted by Gasteiger charge is 2.36. The molecule has 0 unspecified atom stereocenters. The average Bonchev–Trinajstić information content (AvgIpc) is 3.03. The van der Waals surface area contributed by atoms with Gasteiger partial charge in [-0.05, 0) is 37.0 Å². The maximum absolute atomic E-state index is 8.91. The molecule has 0 aromatic carbocycles. The molecule has 0 spiro atoms. The van der Waals surface area contributed by atoms with Crippen molar-refractivity contribution in [3.05, 3.63) is 0 Å². The van der Waals surface area contributed by atoms with Gasteiger partial charge in [0.2, 0.25) is 0 Å². The molecule has 1 aliphatic rings. The van der Waals surface area contributed by atoms with Crippen molar-refractivity contribution in [3.8, 4) is 0 Å². The second-order valence-electron chi connectivity index (χ2n) is 5.40. The molecule has 2 nitrogen and oxygen atoms in total. The average molecular weight is 228 g/mol. The molecule has 3 atom stereocenters. The third kappa shape index (κ3) is 5.86. The summed E-state index contributed by atoms with van der Waals surface area (Å²) in [4.78, 5) is 0. The van der Waals surface area contributed by atoms with Crippen LogP contribution in [-0.4, -0.2) is 24.9 Å². The van der Waals surface area contributed by atoms with E-state index in [2.05, 4.69) is 13.8 Å². The van der Waals surface area contributed by atoms with Crippen LogP contribution in [0.15, 0.2) is 0 Å². The minimum absolute atomic E-state index is 0.341. The van der Waals surface area contributed by atoms with E-state index in [1.54, 1.807) is 0 Å². The Morgan fingerprint density at radius 1 is 1.31 bits per heavy atom. The van der Waals surface area contributed by atoms with Crippen LogP contribution in [0.1, 0.15) is 52.4 Å². The van der Waals surface area contributed by atoms with Gasteiger partial charge < -0.3 is 9.84 Å². The Hall–Kier alpha value is -0.0800. The zero-order chi connectivity index (χ0) is 11.8. The quantitative estimate of drug-likeness (QED) is 0.582. The van der Waals surface area contributed by atoms with Gasteiger partial charge in [-0.2, -0.15) is 0 Å². The van der Waals surface area contributed by atoms with Gasteiger partial charge in [-0.15, -0.1) is 0 Å². The fourth-order valence-corrected chi connectivity index (χ4v) is 2.17. The lowest BCUT2D eigenvalue weighted by Gasteiger charge is -2.06. The molecule has 0 saturated heterocycles. The highest BCUT2D eigenvalue weighted by atomic mass is 16.5. The molecule has 0 aromatic rings. The predicted octanol–water partition coefficient (Wildman–Crippen LogP) is 3.24. The summed E-state index contributed by atoms with van der Waals surface area (Å²) in [7, 11) is 0. The first kappa shape index (κ1) is 14.0. The molecule has 0 bridgehead atoms. The Bertz CT molecular complexity index is 170.